The second-order valence-electron chi connectivity index (χ2n) is 7.65. The molecule has 0 N–H and O–H groups in total. The zero-order chi connectivity index (χ0) is 19.4. The van der Waals surface area contributed by atoms with Crippen molar-refractivity contribution in [2.24, 2.45) is 13.0 Å². The molecule has 3 atom stereocenters. The van der Waals surface area contributed by atoms with Gasteiger partial charge < -0.3 is 4.90 Å². The molecule has 1 fully saturated rings. The first-order chi connectivity index (χ1) is 13.0. The largest absolute Gasteiger partial charge is 0.345 e. The zero-order valence-corrected chi connectivity index (χ0v) is 16.9. The second-order valence-corrected chi connectivity index (χ2v) is 7.65. The number of amides is 1. The molecule has 3 heterocycles. The molecule has 0 spiro atoms. The van der Waals surface area contributed by atoms with Gasteiger partial charge in [-0.3, -0.25) is 19.4 Å². The Bertz CT molecular complexity index is 744. The van der Waals surface area contributed by atoms with Crippen LogP contribution in [0, 0.1) is 5.92 Å². The number of pyridine rings is 1. The Labute approximate surface area is 162 Å². The highest BCUT2D eigenvalue weighted by Gasteiger charge is 2.34. The molecule has 0 saturated carbocycles. The minimum atomic E-state index is -0.175. The molecule has 0 unspecified atom stereocenters. The summed E-state index contributed by atoms with van der Waals surface area (Å²) in [6.45, 7) is 7.06. The van der Waals surface area contributed by atoms with E-state index in [-0.39, 0.29) is 11.8 Å². The number of likely N-dealkylation sites (tertiary alicyclic amines) is 1. The van der Waals surface area contributed by atoms with E-state index in [1.165, 1.54) is 12.0 Å². The summed E-state index contributed by atoms with van der Waals surface area (Å²) in [5.41, 5.74) is 2.22. The quantitative estimate of drug-likeness (QED) is 0.786. The van der Waals surface area contributed by atoms with E-state index in [1.54, 1.807) is 12.4 Å². The average Bonchev–Trinajstić information content (AvgIpc) is 3.13. The lowest BCUT2D eigenvalue weighted by Gasteiger charge is -2.42. The van der Waals surface area contributed by atoms with E-state index in [2.05, 4.69) is 28.1 Å². The first kappa shape index (κ1) is 19.5. The fourth-order valence-corrected chi connectivity index (χ4v) is 4.32. The fourth-order valence-electron chi connectivity index (χ4n) is 4.32. The summed E-state index contributed by atoms with van der Waals surface area (Å²) in [5, 5.41) is 4.38. The second kappa shape index (κ2) is 8.65. The van der Waals surface area contributed by atoms with Crippen LogP contribution in [0.4, 0.5) is 0 Å². The molecule has 2 aromatic heterocycles. The summed E-state index contributed by atoms with van der Waals surface area (Å²) in [6, 6.07) is 4.18. The Hall–Kier alpha value is -2.21. The summed E-state index contributed by atoms with van der Waals surface area (Å²) in [5.74, 6) is 0.394. The van der Waals surface area contributed by atoms with Gasteiger partial charge in [0.15, 0.2) is 0 Å². The van der Waals surface area contributed by atoms with Gasteiger partial charge in [0.1, 0.15) is 0 Å². The molecule has 0 radical (unpaired) electrons. The van der Waals surface area contributed by atoms with Crippen molar-refractivity contribution >= 4 is 5.91 Å². The van der Waals surface area contributed by atoms with Crippen molar-refractivity contribution in [1.82, 2.24) is 24.6 Å². The molecule has 1 aliphatic heterocycles. The molecule has 146 valence electrons. The maximum absolute atomic E-state index is 13.0. The Kier molecular flexibility index (Phi) is 6.26. The Morgan fingerprint density at radius 2 is 2.22 bits per heavy atom. The minimum Gasteiger partial charge on any atom is -0.345 e. The third-order valence-electron chi connectivity index (χ3n) is 5.77. The number of hydrogen-bond donors (Lipinski definition) is 0. The molecule has 0 aromatic carbocycles. The molecular weight excluding hydrogens is 338 g/mol. The lowest BCUT2D eigenvalue weighted by molar-refractivity contribution is -0.132. The minimum absolute atomic E-state index is 0.154. The average molecular weight is 370 g/mol. The predicted molar refractivity (Wildman–Crippen MR) is 106 cm³/mol. The van der Waals surface area contributed by atoms with Crippen molar-refractivity contribution in [1.29, 1.82) is 0 Å². The molecule has 1 amide bonds. The van der Waals surface area contributed by atoms with Crippen molar-refractivity contribution in [3.63, 3.8) is 0 Å². The summed E-state index contributed by atoms with van der Waals surface area (Å²) < 4.78 is 1.87. The number of hydrogen-bond acceptors (Lipinski definition) is 4. The van der Waals surface area contributed by atoms with Gasteiger partial charge in [0.25, 0.3) is 0 Å². The van der Waals surface area contributed by atoms with Crippen LogP contribution in [0.5, 0.6) is 0 Å². The lowest BCUT2D eigenvalue weighted by Crippen LogP contribution is -2.44. The summed E-state index contributed by atoms with van der Waals surface area (Å²) in [6.07, 6.45) is 9.93. The van der Waals surface area contributed by atoms with E-state index >= 15 is 0 Å². The number of piperidine rings is 1. The Morgan fingerprint density at radius 3 is 2.85 bits per heavy atom. The van der Waals surface area contributed by atoms with Crippen LogP contribution in [0.25, 0.3) is 0 Å². The standard InChI is InChI=1S/C21H31N5O/c1-5-26-11-7-9-18(20(26)19-13-23-25(4)15-19)14-24(3)21(27)16(2)17-8-6-10-22-12-17/h6,8,10,12-13,15-16,18,20H,5,7,9,11,14H2,1-4H3/t16-,18+,20-/m1/s1. The number of likely N-dealkylation sites (N-methyl/N-ethyl adjacent to an activating group) is 1. The van der Waals surface area contributed by atoms with Gasteiger partial charge in [0.2, 0.25) is 5.91 Å². The van der Waals surface area contributed by atoms with E-state index in [4.69, 9.17) is 0 Å². The van der Waals surface area contributed by atoms with Crippen LogP contribution in [-0.4, -0.2) is 57.2 Å². The zero-order valence-electron chi connectivity index (χ0n) is 16.9. The normalized spacial score (nSPS) is 21.8. The van der Waals surface area contributed by atoms with Crippen molar-refractivity contribution in [2.75, 3.05) is 26.7 Å². The molecule has 27 heavy (non-hydrogen) atoms. The molecule has 2 aromatic rings. The van der Waals surface area contributed by atoms with Crippen molar-refractivity contribution in [2.45, 2.75) is 38.6 Å². The molecular formula is C21H31N5O. The summed E-state index contributed by atoms with van der Waals surface area (Å²) >= 11 is 0. The van der Waals surface area contributed by atoms with Gasteiger partial charge >= 0.3 is 0 Å². The highest BCUT2D eigenvalue weighted by atomic mass is 16.2. The number of carbonyl (C=O) groups excluding carboxylic acids is 1. The number of nitrogens with zero attached hydrogens (tertiary/aromatic N) is 5. The highest BCUT2D eigenvalue weighted by Crippen LogP contribution is 2.36. The lowest BCUT2D eigenvalue weighted by atomic mass is 9.85. The summed E-state index contributed by atoms with van der Waals surface area (Å²) in [4.78, 5) is 21.6. The van der Waals surface area contributed by atoms with Crippen LogP contribution in [0.2, 0.25) is 0 Å². The molecule has 6 nitrogen and oxygen atoms in total. The first-order valence-electron chi connectivity index (χ1n) is 9.88. The van der Waals surface area contributed by atoms with Crippen LogP contribution >= 0.6 is 0 Å². The monoisotopic (exact) mass is 369 g/mol. The van der Waals surface area contributed by atoms with Crippen LogP contribution in [-0.2, 0) is 11.8 Å². The number of aromatic nitrogens is 3. The third-order valence-corrected chi connectivity index (χ3v) is 5.77. The molecule has 3 rings (SSSR count). The molecule has 1 aliphatic rings. The van der Waals surface area contributed by atoms with E-state index < -0.39 is 0 Å². The highest BCUT2D eigenvalue weighted by molar-refractivity contribution is 5.83. The first-order valence-corrected chi connectivity index (χ1v) is 9.88. The van der Waals surface area contributed by atoms with Crippen LogP contribution in [0.1, 0.15) is 49.8 Å². The maximum Gasteiger partial charge on any atom is 0.229 e. The van der Waals surface area contributed by atoms with Gasteiger partial charge in [-0.05, 0) is 50.4 Å². The number of aryl methyl sites for hydroxylation is 1. The SMILES string of the molecule is CCN1CCC[C@@H](CN(C)C(=O)[C@H](C)c2cccnc2)[C@@H]1c1cnn(C)c1. The van der Waals surface area contributed by atoms with Gasteiger partial charge in [-0.15, -0.1) is 0 Å². The van der Waals surface area contributed by atoms with Crippen molar-refractivity contribution in [3.05, 3.63) is 48.0 Å². The van der Waals surface area contributed by atoms with Crippen LogP contribution < -0.4 is 0 Å². The Balaban J connectivity index is 1.74. The van der Waals surface area contributed by atoms with Gasteiger partial charge in [-0.2, -0.15) is 5.10 Å². The van der Waals surface area contributed by atoms with Crippen LogP contribution in [0.15, 0.2) is 36.9 Å². The number of rotatable bonds is 6. The van der Waals surface area contributed by atoms with E-state index in [9.17, 15) is 4.79 Å². The van der Waals surface area contributed by atoms with Crippen LogP contribution in [0.3, 0.4) is 0 Å². The smallest absolute Gasteiger partial charge is 0.229 e. The van der Waals surface area contributed by atoms with Crippen molar-refractivity contribution in [3.8, 4) is 0 Å². The van der Waals surface area contributed by atoms with Gasteiger partial charge in [-0.25, -0.2) is 0 Å². The van der Waals surface area contributed by atoms with Gasteiger partial charge in [0.05, 0.1) is 12.1 Å². The Morgan fingerprint density at radius 1 is 1.41 bits per heavy atom. The third kappa shape index (κ3) is 4.38. The number of carbonyl (C=O) groups is 1. The molecule has 0 aliphatic carbocycles. The van der Waals surface area contributed by atoms with E-state index in [1.807, 2.05) is 48.9 Å². The van der Waals surface area contributed by atoms with E-state index in [0.717, 1.165) is 31.6 Å². The molecule has 1 saturated heterocycles. The van der Waals surface area contributed by atoms with Gasteiger partial charge in [-0.1, -0.05) is 13.0 Å². The molecule has 6 heteroatoms. The molecule has 0 bridgehead atoms. The maximum atomic E-state index is 13.0. The van der Waals surface area contributed by atoms with E-state index in [0.29, 0.717) is 12.0 Å². The predicted octanol–water partition coefficient (Wildman–Crippen LogP) is 2.85. The topological polar surface area (TPSA) is 54.3 Å². The van der Waals surface area contributed by atoms with Gasteiger partial charge in [0, 0.05) is 50.8 Å². The fraction of sp³-hybridized carbons (Fsp3) is 0.571. The van der Waals surface area contributed by atoms with Crippen molar-refractivity contribution < 1.29 is 4.79 Å². The summed E-state index contributed by atoms with van der Waals surface area (Å²) in [7, 11) is 3.89.